The van der Waals surface area contributed by atoms with E-state index in [1.165, 1.54) is 0 Å². The number of rotatable bonds is 3. The molecule has 10 nitrogen and oxygen atoms in total. The molecule has 0 bridgehead atoms. The fourth-order valence-corrected chi connectivity index (χ4v) is 1.19. The van der Waals surface area contributed by atoms with Crippen LogP contribution in [0.1, 0.15) is 10.4 Å². The van der Waals surface area contributed by atoms with Gasteiger partial charge >= 0.3 is 5.97 Å². The summed E-state index contributed by atoms with van der Waals surface area (Å²) in [5.41, 5.74) is 14.7. The van der Waals surface area contributed by atoms with Gasteiger partial charge in [0.25, 0.3) is 5.69 Å². The van der Waals surface area contributed by atoms with Crippen LogP contribution in [0.5, 0.6) is 0 Å². The van der Waals surface area contributed by atoms with E-state index in [2.05, 4.69) is 9.98 Å². The Kier molecular flexibility index (Phi) is 3.98. The Bertz CT molecular complexity index is 590. The summed E-state index contributed by atoms with van der Waals surface area (Å²) in [5, 5.41) is 19.5. The highest BCUT2D eigenvalue weighted by Crippen LogP contribution is 2.25. The second-order valence-electron chi connectivity index (χ2n) is 3.27. The van der Waals surface area contributed by atoms with Gasteiger partial charge in [0.15, 0.2) is 5.96 Å². The van der Waals surface area contributed by atoms with Crippen molar-refractivity contribution in [1.82, 2.24) is 0 Å². The number of guanidine groups is 2. The van der Waals surface area contributed by atoms with Gasteiger partial charge in [0.05, 0.1) is 16.2 Å². The molecule has 0 unspecified atom stereocenters. The average molecular weight is 266 g/mol. The van der Waals surface area contributed by atoms with Crippen LogP contribution in [0.4, 0.5) is 11.4 Å². The molecule has 0 saturated heterocycles. The van der Waals surface area contributed by atoms with Crippen LogP contribution in [0.25, 0.3) is 0 Å². The molecule has 0 atom stereocenters. The first-order chi connectivity index (χ1) is 8.81. The first kappa shape index (κ1) is 13.9. The Morgan fingerprint density at radius 1 is 1.32 bits per heavy atom. The molecule has 1 aromatic carbocycles. The minimum atomic E-state index is -1.31. The predicted octanol–water partition coefficient (Wildman–Crippen LogP) is -0.487. The molecule has 7 N–H and O–H groups in total. The molecular weight excluding hydrogens is 256 g/mol. The summed E-state index contributed by atoms with van der Waals surface area (Å²) in [4.78, 5) is 27.9. The van der Waals surface area contributed by atoms with Gasteiger partial charge in [-0.25, -0.2) is 9.79 Å². The highest BCUT2D eigenvalue weighted by Gasteiger charge is 2.15. The minimum absolute atomic E-state index is 0.218. The normalized spacial score (nSPS) is 10.8. The van der Waals surface area contributed by atoms with Crippen LogP contribution < -0.4 is 17.2 Å². The van der Waals surface area contributed by atoms with E-state index in [9.17, 15) is 14.9 Å². The summed E-state index contributed by atoms with van der Waals surface area (Å²) in [6.45, 7) is 0. The molecule has 100 valence electrons. The lowest BCUT2D eigenvalue weighted by molar-refractivity contribution is -0.384. The highest BCUT2D eigenvalue weighted by atomic mass is 16.6. The van der Waals surface area contributed by atoms with E-state index in [0.29, 0.717) is 0 Å². The summed E-state index contributed by atoms with van der Waals surface area (Å²) in [7, 11) is 0. The molecule has 19 heavy (non-hydrogen) atoms. The molecule has 0 radical (unpaired) electrons. The zero-order chi connectivity index (χ0) is 14.6. The largest absolute Gasteiger partial charge is 0.478 e. The summed E-state index contributed by atoms with van der Waals surface area (Å²) >= 11 is 0. The first-order valence-electron chi connectivity index (χ1n) is 4.76. The number of nitro groups is 1. The van der Waals surface area contributed by atoms with Crippen molar-refractivity contribution >= 4 is 29.3 Å². The second-order valence-corrected chi connectivity index (χ2v) is 3.27. The summed E-state index contributed by atoms with van der Waals surface area (Å²) in [6.07, 6.45) is 0. The van der Waals surface area contributed by atoms with Crippen molar-refractivity contribution in [2.24, 2.45) is 27.2 Å². The molecule has 0 aromatic heterocycles. The molecule has 0 aliphatic heterocycles. The van der Waals surface area contributed by atoms with Crippen LogP contribution in [0.3, 0.4) is 0 Å². The van der Waals surface area contributed by atoms with E-state index in [-0.39, 0.29) is 22.9 Å². The number of carbonyl (C=O) groups is 1. The lowest BCUT2D eigenvalue weighted by atomic mass is 10.1. The Balaban J connectivity index is 3.37. The maximum absolute atomic E-state index is 10.9. The molecule has 0 heterocycles. The van der Waals surface area contributed by atoms with Crippen molar-refractivity contribution in [3.63, 3.8) is 0 Å². The molecule has 0 fully saturated rings. The molecular formula is C9H10N6O4. The smallest absolute Gasteiger partial charge is 0.337 e. The van der Waals surface area contributed by atoms with E-state index in [4.69, 9.17) is 22.3 Å². The minimum Gasteiger partial charge on any atom is -0.478 e. The van der Waals surface area contributed by atoms with Crippen LogP contribution in [0.2, 0.25) is 0 Å². The maximum Gasteiger partial charge on any atom is 0.337 e. The van der Waals surface area contributed by atoms with Crippen LogP contribution in [0, 0.1) is 10.1 Å². The van der Waals surface area contributed by atoms with Gasteiger partial charge < -0.3 is 22.3 Å². The van der Waals surface area contributed by atoms with Crippen molar-refractivity contribution < 1.29 is 14.8 Å². The second kappa shape index (κ2) is 5.44. The Hall–Kier alpha value is -3.17. The number of carboxylic acids is 1. The number of non-ortho nitro benzene ring substituents is 1. The average Bonchev–Trinajstić information content (AvgIpc) is 2.26. The van der Waals surface area contributed by atoms with Crippen molar-refractivity contribution in [2.75, 3.05) is 0 Å². The number of nitrogens with zero attached hydrogens (tertiary/aromatic N) is 3. The van der Waals surface area contributed by atoms with Crippen LogP contribution in [-0.2, 0) is 0 Å². The van der Waals surface area contributed by atoms with Gasteiger partial charge in [-0.2, -0.15) is 4.99 Å². The molecule has 0 amide bonds. The number of aliphatic imine (C=N–C) groups is 2. The van der Waals surface area contributed by atoms with Gasteiger partial charge in [-0.15, -0.1) is 0 Å². The summed E-state index contributed by atoms with van der Waals surface area (Å²) in [6, 6.07) is 3.04. The van der Waals surface area contributed by atoms with Gasteiger partial charge in [0, 0.05) is 12.1 Å². The van der Waals surface area contributed by atoms with Gasteiger partial charge in [0.2, 0.25) is 5.96 Å². The van der Waals surface area contributed by atoms with E-state index in [1.807, 2.05) is 0 Å². The standard InChI is InChI=1S/C9H10N6O4/c10-8(11)14-9(12)13-6-3-4(15(18)19)1-2-5(6)7(16)17/h1-3H,(H,16,17)(H6,10,11,12,13,14). The van der Waals surface area contributed by atoms with E-state index < -0.39 is 16.9 Å². The third-order valence-corrected chi connectivity index (χ3v) is 1.90. The van der Waals surface area contributed by atoms with Gasteiger partial charge in [-0.3, -0.25) is 10.1 Å². The van der Waals surface area contributed by atoms with Crippen molar-refractivity contribution in [3.05, 3.63) is 33.9 Å². The Labute approximate surface area is 106 Å². The zero-order valence-corrected chi connectivity index (χ0v) is 9.48. The Morgan fingerprint density at radius 3 is 2.42 bits per heavy atom. The van der Waals surface area contributed by atoms with Crippen molar-refractivity contribution in [3.8, 4) is 0 Å². The zero-order valence-electron chi connectivity index (χ0n) is 9.48. The highest BCUT2D eigenvalue weighted by molar-refractivity contribution is 5.98. The topological polar surface area (TPSA) is 183 Å². The predicted molar refractivity (Wildman–Crippen MR) is 67.1 cm³/mol. The SMILES string of the molecule is NC(N)=NC(N)=Nc1cc([N+](=O)[O-])ccc1C(=O)O. The molecule has 0 aliphatic carbocycles. The monoisotopic (exact) mass is 266 g/mol. The molecule has 1 aromatic rings. The Morgan fingerprint density at radius 2 is 1.95 bits per heavy atom. The lowest BCUT2D eigenvalue weighted by Gasteiger charge is -2.01. The number of carboxylic acid groups (broad SMARTS) is 1. The van der Waals surface area contributed by atoms with Crippen LogP contribution in [0.15, 0.2) is 28.2 Å². The van der Waals surface area contributed by atoms with Crippen LogP contribution in [-0.4, -0.2) is 27.9 Å². The number of benzene rings is 1. The fourth-order valence-electron chi connectivity index (χ4n) is 1.19. The number of nitrogens with two attached hydrogens (primary N) is 3. The molecule has 1 rings (SSSR count). The van der Waals surface area contributed by atoms with Gasteiger partial charge in [-0.1, -0.05) is 0 Å². The number of nitro benzene ring substituents is 1. The number of aromatic carboxylic acids is 1. The first-order valence-corrected chi connectivity index (χ1v) is 4.76. The quantitative estimate of drug-likeness (QED) is 0.246. The molecule has 0 spiro atoms. The summed E-state index contributed by atoms with van der Waals surface area (Å²) in [5.74, 6) is -2.10. The van der Waals surface area contributed by atoms with Gasteiger partial charge in [0.1, 0.15) is 0 Å². The van der Waals surface area contributed by atoms with E-state index >= 15 is 0 Å². The fraction of sp³-hybridized carbons (Fsp3) is 0. The third-order valence-electron chi connectivity index (χ3n) is 1.90. The van der Waals surface area contributed by atoms with E-state index in [1.54, 1.807) is 0 Å². The molecule has 10 heteroatoms. The molecule has 0 aliphatic rings. The maximum atomic E-state index is 10.9. The number of hydrogen-bond donors (Lipinski definition) is 4. The van der Waals surface area contributed by atoms with Crippen molar-refractivity contribution in [2.45, 2.75) is 0 Å². The molecule has 0 saturated carbocycles. The lowest BCUT2D eigenvalue weighted by Crippen LogP contribution is -2.26. The summed E-state index contributed by atoms with van der Waals surface area (Å²) < 4.78 is 0. The third kappa shape index (κ3) is 3.66. The number of hydrogen-bond acceptors (Lipinski definition) is 4. The van der Waals surface area contributed by atoms with E-state index in [0.717, 1.165) is 18.2 Å². The van der Waals surface area contributed by atoms with Crippen molar-refractivity contribution in [1.29, 1.82) is 0 Å². The van der Waals surface area contributed by atoms with Crippen LogP contribution >= 0.6 is 0 Å². The van der Waals surface area contributed by atoms with Gasteiger partial charge in [-0.05, 0) is 6.07 Å².